The zero-order valence-electron chi connectivity index (χ0n) is 15.6. The third kappa shape index (κ3) is 6.64. The van der Waals surface area contributed by atoms with Gasteiger partial charge in [0.1, 0.15) is 11.5 Å². The van der Waals surface area contributed by atoms with Gasteiger partial charge >= 0.3 is 5.97 Å². The molecule has 0 fully saturated rings. The lowest BCUT2D eigenvalue weighted by molar-refractivity contribution is -0.133. The summed E-state index contributed by atoms with van der Waals surface area (Å²) in [6.07, 6.45) is -0.793. The number of ether oxygens (including phenoxy) is 3. The van der Waals surface area contributed by atoms with Gasteiger partial charge in [-0.05, 0) is 50.2 Å². The van der Waals surface area contributed by atoms with Crippen LogP contribution in [0.3, 0.4) is 0 Å². The Kier molecular flexibility index (Phi) is 7.83. The fourth-order valence-electron chi connectivity index (χ4n) is 2.08. The molecule has 0 spiro atoms. The molecule has 0 aromatic heterocycles. The summed E-state index contributed by atoms with van der Waals surface area (Å²) in [6.45, 7) is 3.27. The molecule has 2 aromatic rings. The third-order valence-electron chi connectivity index (χ3n) is 3.49. The van der Waals surface area contributed by atoms with Crippen LogP contribution in [0.2, 0.25) is 0 Å². The minimum atomic E-state index is -0.793. The van der Waals surface area contributed by atoms with Crippen molar-refractivity contribution in [3.05, 3.63) is 60.2 Å². The zero-order chi connectivity index (χ0) is 20.4. The lowest BCUT2D eigenvalue weighted by Gasteiger charge is -2.15. The lowest BCUT2D eigenvalue weighted by atomic mass is 10.2. The predicted octanol–water partition coefficient (Wildman–Crippen LogP) is 1.86. The van der Waals surface area contributed by atoms with Gasteiger partial charge in [0.15, 0.2) is 12.7 Å². The molecule has 0 aliphatic rings. The maximum absolute atomic E-state index is 11.9. The van der Waals surface area contributed by atoms with Gasteiger partial charge < -0.3 is 14.2 Å². The molecule has 148 valence electrons. The number of rotatable bonds is 8. The van der Waals surface area contributed by atoms with Crippen molar-refractivity contribution in [3.63, 3.8) is 0 Å². The van der Waals surface area contributed by atoms with Crippen LogP contribution in [-0.2, 0) is 14.3 Å². The minimum absolute atomic E-state index is 0.290. The van der Waals surface area contributed by atoms with E-state index in [0.717, 1.165) is 0 Å². The highest BCUT2D eigenvalue weighted by molar-refractivity contribution is 5.89. The summed E-state index contributed by atoms with van der Waals surface area (Å²) < 4.78 is 15.6. The van der Waals surface area contributed by atoms with Crippen molar-refractivity contribution in [1.29, 1.82) is 0 Å². The summed E-state index contributed by atoms with van der Waals surface area (Å²) in [5.41, 5.74) is 4.91. The summed E-state index contributed by atoms with van der Waals surface area (Å²) in [4.78, 5) is 35.3. The van der Waals surface area contributed by atoms with Crippen molar-refractivity contribution < 1.29 is 28.6 Å². The molecule has 0 radical (unpaired) electrons. The summed E-state index contributed by atoms with van der Waals surface area (Å²) in [6, 6.07) is 15.0. The van der Waals surface area contributed by atoms with Gasteiger partial charge in [-0.3, -0.25) is 20.4 Å². The number of esters is 1. The van der Waals surface area contributed by atoms with Crippen molar-refractivity contribution in [2.75, 3.05) is 13.2 Å². The van der Waals surface area contributed by atoms with E-state index in [9.17, 15) is 14.4 Å². The van der Waals surface area contributed by atoms with Crippen molar-refractivity contribution in [2.45, 2.75) is 20.0 Å². The monoisotopic (exact) mass is 386 g/mol. The minimum Gasteiger partial charge on any atom is -0.484 e. The first-order valence-corrected chi connectivity index (χ1v) is 8.70. The first-order chi connectivity index (χ1) is 13.5. The SMILES string of the molecule is CCOC(=O)c1ccc(OCC(=O)NNC(=O)C(C)Oc2ccccc2)cc1. The van der Waals surface area contributed by atoms with E-state index < -0.39 is 23.9 Å². The van der Waals surface area contributed by atoms with Crippen molar-refractivity contribution in [2.24, 2.45) is 0 Å². The summed E-state index contributed by atoms with van der Waals surface area (Å²) in [7, 11) is 0. The third-order valence-corrected chi connectivity index (χ3v) is 3.49. The van der Waals surface area contributed by atoms with Gasteiger partial charge in [-0.25, -0.2) is 4.79 Å². The molecular weight excluding hydrogens is 364 g/mol. The fraction of sp³-hybridized carbons (Fsp3) is 0.250. The average Bonchev–Trinajstić information content (AvgIpc) is 2.71. The van der Waals surface area contributed by atoms with Crippen LogP contribution < -0.4 is 20.3 Å². The number of hydrazine groups is 1. The molecule has 28 heavy (non-hydrogen) atoms. The highest BCUT2D eigenvalue weighted by atomic mass is 16.5. The summed E-state index contributed by atoms with van der Waals surface area (Å²) in [5, 5.41) is 0. The van der Waals surface area contributed by atoms with E-state index in [0.29, 0.717) is 17.1 Å². The maximum atomic E-state index is 11.9. The lowest BCUT2D eigenvalue weighted by Crippen LogP contribution is -2.48. The van der Waals surface area contributed by atoms with E-state index in [1.54, 1.807) is 50.2 Å². The molecule has 1 atom stereocenters. The largest absolute Gasteiger partial charge is 0.484 e. The van der Waals surface area contributed by atoms with Crippen LogP contribution in [0.4, 0.5) is 0 Å². The number of hydrogen-bond donors (Lipinski definition) is 2. The Bertz CT molecular complexity index is 792. The van der Waals surface area contributed by atoms with Crippen molar-refractivity contribution in [1.82, 2.24) is 10.9 Å². The van der Waals surface area contributed by atoms with E-state index in [4.69, 9.17) is 14.2 Å². The Morgan fingerprint density at radius 2 is 1.61 bits per heavy atom. The Balaban J connectivity index is 1.72. The highest BCUT2D eigenvalue weighted by Gasteiger charge is 2.15. The molecule has 2 aromatic carbocycles. The van der Waals surface area contributed by atoms with Crippen molar-refractivity contribution in [3.8, 4) is 11.5 Å². The van der Waals surface area contributed by atoms with E-state index >= 15 is 0 Å². The van der Waals surface area contributed by atoms with E-state index in [2.05, 4.69) is 10.9 Å². The molecule has 2 rings (SSSR count). The second kappa shape index (κ2) is 10.6. The van der Waals surface area contributed by atoms with Crippen LogP contribution in [-0.4, -0.2) is 37.1 Å². The molecule has 0 aliphatic heterocycles. The second-order valence-corrected chi connectivity index (χ2v) is 5.64. The van der Waals surface area contributed by atoms with Crippen LogP contribution in [0.5, 0.6) is 11.5 Å². The van der Waals surface area contributed by atoms with Crippen LogP contribution in [0.15, 0.2) is 54.6 Å². The number of amides is 2. The Morgan fingerprint density at radius 1 is 0.929 bits per heavy atom. The van der Waals surface area contributed by atoms with Gasteiger partial charge in [-0.2, -0.15) is 0 Å². The van der Waals surface area contributed by atoms with E-state index in [1.165, 1.54) is 12.1 Å². The first kappa shape index (κ1) is 20.8. The Hall–Kier alpha value is -3.55. The zero-order valence-corrected chi connectivity index (χ0v) is 15.6. The fourth-order valence-corrected chi connectivity index (χ4v) is 2.08. The Morgan fingerprint density at radius 3 is 2.25 bits per heavy atom. The standard InChI is InChI=1S/C20H22N2O6/c1-3-26-20(25)15-9-11-16(12-10-15)27-13-18(23)21-22-19(24)14(2)28-17-7-5-4-6-8-17/h4-12,14H,3,13H2,1-2H3,(H,21,23)(H,22,24). The predicted molar refractivity (Wildman–Crippen MR) is 101 cm³/mol. The van der Waals surface area contributed by atoms with Crippen LogP contribution in [0.25, 0.3) is 0 Å². The number of carbonyl (C=O) groups is 3. The topological polar surface area (TPSA) is 103 Å². The highest BCUT2D eigenvalue weighted by Crippen LogP contribution is 2.13. The number of nitrogens with one attached hydrogen (secondary N) is 2. The molecule has 0 aliphatic carbocycles. The number of para-hydroxylation sites is 1. The van der Waals surface area contributed by atoms with E-state index in [-0.39, 0.29) is 13.2 Å². The molecule has 0 heterocycles. The van der Waals surface area contributed by atoms with Gasteiger partial charge in [-0.15, -0.1) is 0 Å². The molecule has 2 amide bonds. The molecule has 0 bridgehead atoms. The van der Waals surface area contributed by atoms with Gasteiger partial charge in [0, 0.05) is 0 Å². The number of carbonyl (C=O) groups excluding carboxylic acids is 3. The quantitative estimate of drug-likeness (QED) is 0.530. The summed E-state index contributed by atoms with van der Waals surface area (Å²) in [5.74, 6) is -0.534. The van der Waals surface area contributed by atoms with Crippen LogP contribution in [0, 0.1) is 0 Å². The molecule has 1 unspecified atom stereocenters. The molecule has 0 saturated heterocycles. The summed E-state index contributed by atoms with van der Waals surface area (Å²) >= 11 is 0. The van der Waals surface area contributed by atoms with Gasteiger partial charge in [-0.1, -0.05) is 18.2 Å². The number of hydrogen-bond acceptors (Lipinski definition) is 6. The molecule has 8 heteroatoms. The normalized spacial score (nSPS) is 11.1. The molecule has 8 nitrogen and oxygen atoms in total. The Labute approximate surface area is 162 Å². The van der Waals surface area contributed by atoms with Crippen LogP contribution >= 0.6 is 0 Å². The smallest absolute Gasteiger partial charge is 0.338 e. The van der Waals surface area contributed by atoms with E-state index in [1.807, 2.05) is 6.07 Å². The number of benzene rings is 2. The second-order valence-electron chi connectivity index (χ2n) is 5.64. The van der Waals surface area contributed by atoms with Crippen LogP contribution in [0.1, 0.15) is 24.2 Å². The average molecular weight is 386 g/mol. The van der Waals surface area contributed by atoms with Crippen molar-refractivity contribution >= 4 is 17.8 Å². The molecular formula is C20H22N2O6. The molecule has 0 saturated carbocycles. The first-order valence-electron chi connectivity index (χ1n) is 8.70. The van der Waals surface area contributed by atoms with Gasteiger partial charge in [0.05, 0.1) is 12.2 Å². The molecule has 2 N–H and O–H groups in total. The van der Waals surface area contributed by atoms with Gasteiger partial charge in [0.25, 0.3) is 11.8 Å². The maximum Gasteiger partial charge on any atom is 0.338 e. The van der Waals surface area contributed by atoms with Gasteiger partial charge in [0.2, 0.25) is 0 Å².